The highest BCUT2D eigenvalue weighted by Gasteiger charge is 2.18. The summed E-state index contributed by atoms with van der Waals surface area (Å²) in [6.07, 6.45) is 0. The van der Waals surface area contributed by atoms with E-state index in [0.29, 0.717) is 12.5 Å². The molecule has 24 heavy (non-hydrogen) atoms. The van der Waals surface area contributed by atoms with E-state index < -0.39 is 0 Å². The van der Waals surface area contributed by atoms with Crippen LogP contribution in [0.25, 0.3) is 0 Å². The number of anilines is 1. The smallest absolute Gasteiger partial charge is 0.191 e. The lowest BCUT2D eigenvalue weighted by atomic mass is 10.2. The van der Waals surface area contributed by atoms with Gasteiger partial charge < -0.3 is 15.5 Å². The zero-order valence-corrected chi connectivity index (χ0v) is 14.8. The first-order valence-corrected chi connectivity index (χ1v) is 8.48. The Balaban J connectivity index is 1.57. The number of hydrogen-bond acceptors (Lipinski definition) is 3. The molecule has 1 aromatic carbocycles. The monoisotopic (exact) mass is 346 g/mol. The molecule has 0 unspecified atom stereocenters. The number of nitrogens with zero attached hydrogens (tertiary/aromatic N) is 4. The first-order chi connectivity index (χ1) is 11.5. The third-order valence-corrected chi connectivity index (χ3v) is 4.73. The van der Waals surface area contributed by atoms with E-state index in [-0.39, 0.29) is 0 Å². The summed E-state index contributed by atoms with van der Waals surface area (Å²) < 4.78 is 0. The Morgan fingerprint density at radius 3 is 2.46 bits per heavy atom. The first-order valence-electron chi connectivity index (χ1n) is 8.10. The summed E-state index contributed by atoms with van der Waals surface area (Å²) in [6, 6.07) is 7.96. The van der Waals surface area contributed by atoms with Crippen LogP contribution in [0.3, 0.4) is 0 Å². The zero-order valence-electron chi connectivity index (χ0n) is 14.1. The lowest BCUT2D eigenvalue weighted by Gasteiger charge is -2.36. The van der Waals surface area contributed by atoms with Crippen LogP contribution in [0.4, 0.5) is 5.69 Å². The minimum absolute atomic E-state index is 0.567. The molecule has 0 saturated carbocycles. The third kappa shape index (κ3) is 3.64. The maximum atomic E-state index is 6.18. The second-order valence-corrected chi connectivity index (χ2v) is 6.47. The van der Waals surface area contributed by atoms with Crippen molar-refractivity contribution in [2.24, 2.45) is 10.7 Å². The molecule has 1 aliphatic heterocycles. The summed E-state index contributed by atoms with van der Waals surface area (Å²) in [5.74, 6) is 0.603. The number of benzene rings is 1. The van der Waals surface area contributed by atoms with Crippen molar-refractivity contribution in [3.05, 3.63) is 46.2 Å². The molecule has 0 spiro atoms. The molecule has 0 atom stereocenters. The van der Waals surface area contributed by atoms with E-state index in [1.54, 1.807) is 0 Å². The van der Waals surface area contributed by atoms with Crippen LogP contribution in [-0.4, -0.2) is 47.2 Å². The van der Waals surface area contributed by atoms with Gasteiger partial charge in [-0.05, 0) is 38.1 Å². The number of nitrogens with one attached hydrogen (secondary N) is 1. The molecule has 128 valence electrons. The Hall–Kier alpha value is -2.21. The van der Waals surface area contributed by atoms with Gasteiger partial charge in [0.15, 0.2) is 5.96 Å². The lowest BCUT2D eigenvalue weighted by Crippen LogP contribution is -2.51. The Kier molecular flexibility index (Phi) is 4.94. The number of aromatic nitrogens is 2. The fraction of sp³-hybridized carbons (Fsp3) is 0.412. The number of piperazine rings is 1. The van der Waals surface area contributed by atoms with Crippen LogP contribution < -0.4 is 10.6 Å². The highest BCUT2D eigenvalue weighted by molar-refractivity contribution is 6.30. The number of aromatic amines is 1. The van der Waals surface area contributed by atoms with Crippen LogP contribution in [0.1, 0.15) is 17.0 Å². The second-order valence-electron chi connectivity index (χ2n) is 6.04. The van der Waals surface area contributed by atoms with Crippen molar-refractivity contribution in [2.45, 2.75) is 20.4 Å². The molecule has 3 rings (SSSR count). The number of nitrogens with two attached hydrogens (primary N) is 1. The fourth-order valence-corrected chi connectivity index (χ4v) is 3.04. The summed E-state index contributed by atoms with van der Waals surface area (Å²) in [7, 11) is 0. The summed E-state index contributed by atoms with van der Waals surface area (Å²) in [6.45, 7) is 8.12. The van der Waals surface area contributed by atoms with Crippen molar-refractivity contribution < 1.29 is 0 Å². The largest absolute Gasteiger partial charge is 0.370 e. The van der Waals surface area contributed by atoms with E-state index >= 15 is 0 Å². The maximum Gasteiger partial charge on any atom is 0.191 e. The summed E-state index contributed by atoms with van der Waals surface area (Å²) in [5, 5.41) is 7.93. The van der Waals surface area contributed by atoms with Gasteiger partial charge in [0.1, 0.15) is 0 Å². The van der Waals surface area contributed by atoms with Crippen molar-refractivity contribution >= 4 is 23.2 Å². The van der Waals surface area contributed by atoms with Gasteiger partial charge in [0.2, 0.25) is 0 Å². The topological polar surface area (TPSA) is 73.5 Å². The van der Waals surface area contributed by atoms with Crippen molar-refractivity contribution in [3.8, 4) is 0 Å². The molecule has 6 nitrogen and oxygen atoms in total. The molecule has 2 aromatic rings. The van der Waals surface area contributed by atoms with E-state index in [4.69, 9.17) is 17.3 Å². The average molecular weight is 347 g/mol. The molecule has 0 aliphatic carbocycles. The third-order valence-electron chi connectivity index (χ3n) is 4.48. The normalized spacial score (nSPS) is 15.9. The predicted octanol–water partition coefficient (Wildman–Crippen LogP) is 2.32. The molecular weight excluding hydrogens is 324 g/mol. The first kappa shape index (κ1) is 16.6. The van der Waals surface area contributed by atoms with Crippen molar-refractivity contribution in [3.63, 3.8) is 0 Å². The van der Waals surface area contributed by atoms with Crippen molar-refractivity contribution in [1.82, 2.24) is 15.1 Å². The Morgan fingerprint density at radius 2 is 1.88 bits per heavy atom. The van der Waals surface area contributed by atoms with E-state index in [0.717, 1.165) is 48.2 Å². The van der Waals surface area contributed by atoms with Gasteiger partial charge in [0.05, 0.1) is 12.2 Å². The van der Waals surface area contributed by atoms with E-state index in [1.165, 1.54) is 5.69 Å². The molecule has 1 saturated heterocycles. The van der Waals surface area contributed by atoms with Gasteiger partial charge in [-0.25, -0.2) is 4.99 Å². The summed E-state index contributed by atoms with van der Waals surface area (Å²) in [4.78, 5) is 9.02. The number of halogens is 1. The predicted molar refractivity (Wildman–Crippen MR) is 98.6 cm³/mol. The highest BCUT2D eigenvalue weighted by Crippen LogP contribution is 2.19. The summed E-state index contributed by atoms with van der Waals surface area (Å²) >= 11 is 5.95. The molecule has 0 amide bonds. The number of hydrogen-bond donors (Lipinski definition) is 2. The molecule has 1 fully saturated rings. The number of H-pyrrole nitrogens is 1. The molecular formula is C17H23ClN6. The lowest BCUT2D eigenvalue weighted by molar-refractivity contribution is 0.380. The minimum Gasteiger partial charge on any atom is -0.370 e. The van der Waals surface area contributed by atoms with Gasteiger partial charge in [0.25, 0.3) is 0 Å². The SMILES string of the molecule is Cc1n[nH]c(C)c1CN=C(N)N1CCN(c2ccc(Cl)cc2)CC1. The maximum absolute atomic E-state index is 6.18. The number of aryl methyl sites for hydroxylation is 2. The van der Waals surface area contributed by atoms with E-state index in [9.17, 15) is 0 Å². The van der Waals surface area contributed by atoms with E-state index in [1.807, 2.05) is 26.0 Å². The van der Waals surface area contributed by atoms with Gasteiger partial charge in [0, 0.05) is 48.1 Å². The summed E-state index contributed by atoms with van der Waals surface area (Å²) in [5.41, 5.74) is 10.5. The van der Waals surface area contributed by atoms with Crippen LogP contribution in [0.5, 0.6) is 0 Å². The molecule has 2 heterocycles. The van der Waals surface area contributed by atoms with Crippen LogP contribution in [0.15, 0.2) is 29.3 Å². The van der Waals surface area contributed by atoms with Crippen molar-refractivity contribution in [2.75, 3.05) is 31.1 Å². The van der Waals surface area contributed by atoms with Crippen LogP contribution in [0, 0.1) is 13.8 Å². The quantitative estimate of drug-likeness (QED) is 0.660. The fourth-order valence-electron chi connectivity index (χ4n) is 2.91. The van der Waals surface area contributed by atoms with Gasteiger partial charge in [-0.15, -0.1) is 0 Å². The van der Waals surface area contributed by atoms with Gasteiger partial charge >= 0.3 is 0 Å². The molecule has 0 bridgehead atoms. The van der Waals surface area contributed by atoms with Gasteiger partial charge in [-0.1, -0.05) is 11.6 Å². The van der Waals surface area contributed by atoms with E-state index in [2.05, 4.69) is 37.1 Å². The molecule has 1 aromatic heterocycles. The minimum atomic E-state index is 0.567. The highest BCUT2D eigenvalue weighted by atomic mass is 35.5. The molecule has 1 aliphatic rings. The number of guanidine groups is 1. The Labute approximate surface area is 147 Å². The second kappa shape index (κ2) is 7.13. The molecule has 3 N–H and O–H groups in total. The molecule has 7 heteroatoms. The van der Waals surface area contributed by atoms with Gasteiger partial charge in [-0.2, -0.15) is 5.10 Å². The molecule has 0 radical (unpaired) electrons. The van der Waals surface area contributed by atoms with Crippen LogP contribution in [0.2, 0.25) is 5.02 Å². The Bertz CT molecular complexity index is 694. The number of aliphatic imine (C=N–C) groups is 1. The number of rotatable bonds is 3. The van der Waals surface area contributed by atoms with Crippen molar-refractivity contribution in [1.29, 1.82) is 0 Å². The Morgan fingerprint density at radius 1 is 1.21 bits per heavy atom. The van der Waals surface area contributed by atoms with Gasteiger partial charge in [-0.3, -0.25) is 5.10 Å². The van der Waals surface area contributed by atoms with Crippen LogP contribution >= 0.6 is 11.6 Å². The zero-order chi connectivity index (χ0) is 17.1. The average Bonchev–Trinajstić information content (AvgIpc) is 2.92. The standard InChI is InChI=1S/C17H23ClN6/c1-12-16(13(2)22-21-12)11-20-17(19)24-9-7-23(8-10-24)15-5-3-14(18)4-6-15/h3-6H,7-11H2,1-2H3,(H2,19,20)(H,21,22). The van der Waals surface area contributed by atoms with Crippen LogP contribution in [-0.2, 0) is 6.54 Å².